The van der Waals surface area contributed by atoms with Crippen LogP contribution in [0, 0.1) is 33.5 Å². The van der Waals surface area contributed by atoms with E-state index in [-0.39, 0.29) is 47.7 Å². The molecule has 6 aliphatic rings. The highest BCUT2D eigenvalue weighted by Gasteiger charge is 2.74. The number of ether oxygens (including phenoxy) is 1. The van der Waals surface area contributed by atoms with E-state index in [2.05, 4.69) is 37.0 Å². The molecule has 1 aromatic rings. The van der Waals surface area contributed by atoms with Gasteiger partial charge in [0.2, 0.25) is 0 Å². The fourth-order valence-electron chi connectivity index (χ4n) is 10.7. The van der Waals surface area contributed by atoms with Crippen molar-refractivity contribution in [2.45, 2.75) is 83.0 Å². The fourth-order valence-corrected chi connectivity index (χ4v) is 10.7. The van der Waals surface area contributed by atoms with Crippen LogP contribution in [0.25, 0.3) is 0 Å². The summed E-state index contributed by atoms with van der Waals surface area (Å²) < 4.78 is 5.28. The molecule has 7 nitrogen and oxygen atoms in total. The van der Waals surface area contributed by atoms with Crippen molar-refractivity contribution >= 4 is 5.78 Å². The lowest BCUT2D eigenvalue weighted by Crippen LogP contribution is -2.67. The Balaban J connectivity index is 1.42. The van der Waals surface area contributed by atoms with E-state index in [4.69, 9.17) is 4.74 Å². The fraction of sp³-hybridized carbons (Fsp3) is 0.694. The second-order valence-corrected chi connectivity index (χ2v) is 14.9. The molecule has 0 heterocycles. The first-order valence-electron chi connectivity index (χ1n) is 16.4. The normalized spacial score (nSPS) is 41.9. The van der Waals surface area contributed by atoms with Gasteiger partial charge in [0.05, 0.1) is 24.4 Å². The maximum atomic E-state index is 14.5. The number of fused-ring (bicyclic) bond motifs is 1. The summed E-state index contributed by atoms with van der Waals surface area (Å²) in [6.45, 7) is 6.26. The molecule has 236 valence electrons. The number of methoxy groups -OCH3 is 1. The Labute approximate surface area is 256 Å². The predicted octanol–water partition coefficient (Wildman–Crippen LogP) is 4.15. The first-order chi connectivity index (χ1) is 20.5. The van der Waals surface area contributed by atoms with Gasteiger partial charge >= 0.3 is 0 Å². The molecule has 0 aliphatic heterocycles. The summed E-state index contributed by atoms with van der Waals surface area (Å²) in [5.41, 5.74) is -0.807. The quantitative estimate of drug-likeness (QED) is 0.173. The molecule has 1 aromatic carbocycles. The van der Waals surface area contributed by atoms with E-state index in [9.17, 15) is 25.2 Å². The first kappa shape index (κ1) is 31.1. The van der Waals surface area contributed by atoms with Gasteiger partial charge in [-0.25, -0.2) is 0 Å². The summed E-state index contributed by atoms with van der Waals surface area (Å²) in [6, 6.07) is 9.60. The van der Waals surface area contributed by atoms with Crippen LogP contribution in [0.1, 0.15) is 75.6 Å². The van der Waals surface area contributed by atoms with Gasteiger partial charge in [0, 0.05) is 60.7 Å². The van der Waals surface area contributed by atoms with E-state index >= 15 is 0 Å². The number of rotatable bonds is 11. The van der Waals surface area contributed by atoms with Crippen molar-refractivity contribution in [3.05, 3.63) is 59.7 Å². The van der Waals surface area contributed by atoms with E-state index in [0.29, 0.717) is 38.1 Å². The Morgan fingerprint density at radius 3 is 2.47 bits per heavy atom. The minimum atomic E-state index is -1.01. The van der Waals surface area contributed by atoms with Gasteiger partial charge < -0.3 is 25.2 Å². The number of benzene rings is 1. The summed E-state index contributed by atoms with van der Waals surface area (Å²) in [5, 5.41) is 43.5. The number of carbonyl (C=O) groups excluding carboxylic acids is 1. The van der Waals surface area contributed by atoms with E-state index in [1.807, 2.05) is 30.3 Å². The molecule has 0 saturated heterocycles. The topological polar surface area (TPSA) is 110 Å². The third-order valence-electron chi connectivity index (χ3n) is 13.0. The second kappa shape index (κ2) is 11.2. The van der Waals surface area contributed by atoms with Gasteiger partial charge in [-0.05, 0) is 68.6 Å². The summed E-state index contributed by atoms with van der Waals surface area (Å²) >= 11 is 0. The van der Waals surface area contributed by atoms with Crippen LogP contribution in [0.15, 0.2) is 54.1 Å². The zero-order valence-corrected chi connectivity index (χ0v) is 26.2. The molecule has 7 rings (SSSR count). The van der Waals surface area contributed by atoms with Gasteiger partial charge in [-0.1, -0.05) is 62.4 Å². The molecular formula is C36H51NO6. The van der Waals surface area contributed by atoms with Crippen LogP contribution in [-0.2, 0) is 4.74 Å². The van der Waals surface area contributed by atoms with Crippen molar-refractivity contribution in [1.82, 2.24) is 4.90 Å². The van der Waals surface area contributed by atoms with Crippen LogP contribution >= 0.6 is 0 Å². The number of ketones is 1. The average Bonchev–Trinajstić information content (AvgIpc) is 3.27. The minimum Gasteiger partial charge on any atom is -0.394 e. The van der Waals surface area contributed by atoms with E-state index < -0.39 is 22.5 Å². The number of hydrogen-bond acceptors (Lipinski definition) is 7. The highest BCUT2D eigenvalue weighted by molar-refractivity contribution is 6.10. The Kier molecular flexibility index (Phi) is 8.09. The van der Waals surface area contributed by atoms with Crippen molar-refractivity contribution in [2.75, 3.05) is 40.0 Å². The van der Waals surface area contributed by atoms with Crippen molar-refractivity contribution in [1.29, 1.82) is 0 Å². The minimum absolute atomic E-state index is 0.0685. The van der Waals surface area contributed by atoms with Gasteiger partial charge in [0.1, 0.15) is 0 Å². The molecule has 6 aliphatic carbocycles. The zero-order valence-electron chi connectivity index (χ0n) is 26.2. The molecule has 0 aromatic heterocycles. The lowest BCUT2D eigenvalue weighted by molar-refractivity contribution is -0.177. The number of allylic oxidation sites excluding steroid dienone is 4. The van der Waals surface area contributed by atoms with Crippen LogP contribution in [-0.4, -0.2) is 88.9 Å². The van der Waals surface area contributed by atoms with Crippen molar-refractivity contribution in [3.63, 3.8) is 0 Å². The summed E-state index contributed by atoms with van der Waals surface area (Å²) in [7, 11) is 1.67. The highest BCUT2D eigenvalue weighted by Crippen LogP contribution is 2.78. The molecule has 4 N–H and O–H groups in total. The van der Waals surface area contributed by atoms with E-state index in [1.54, 1.807) is 7.11 Å². The largest absolute Gasteiger partial charge is 0.394 e. The number of carbonyl (C=O) groups is 1. The molecule has 9 unspecified atom stereocenters. The van der Waals surface area contributed by atoms with E-state index in [0.717, 1.165) is 44.1 Å². The molecule has 7 heteroatoms. The summed E-state index contributed by atoms with van der Waals surface area (Å²) in [4.78, 5) is 16.6. The molecule has 3 saturated carbocycles. The predicted molar refractivity (Wildman–Crippen MR) is 165 cm³/mol. The Morgan fingerprint density at radius 1 is 1.05 bits per heavy atom. The molecule has 2 bridgehead atoms. The lowest BCUT2D eigenvalue weighted by Gasteiger charge is -2.71. The van der Waals surface area contributed by atoms with Gasteiger partial charge in [0.15, 0.2) is 5.78 Å². The van der Waals surface area contributed by atoms with Crippen LogP contribution < -0.4 is 0 Å². The SMILES string of the molecule is COCCCN(CC(O)CO)CC1(O)CCC2C34C=CC5(C=C3C(=O)c3ccccc3)CC(O)CCC5(C)C4CCC21C. The average molecular weight is 594 g/mol. The third kappa shape index (κ3) is 4.56. The van der Waals surface area contributed by atoms with Crippen molar-refractivity contribution < 1.29 is 30.0 Å². The maximum absolute atomic E-state index is 14.5. The van der Waals surface area contributed by atoms with Gasteiger partial charge in [0.25, 0.3) is 0 Å². The van der Waals surface area contributed by atoms with Crippen LogP contribution in [0.2, 0.25) is 0 Å². The maximum Gasteiger partial charge on any atom is 0.189 e. The molecular weight excluding hydrogens is 542 g/mol. The van der Waals surface area contributed by atoms with Crippen LogP contribution in [0.5, 0.6) is 0 Å². The lowest BCUT2D eigenvalue weighted by atomic mass is 9.32. The van der Waals surface area contributed by atoms with E-state index in [1.165, 1.54) is 0 Å². The van der Waals surface area contributed by atoms with Crippen molar-refractivity contribution in [2.24, 2.45) is 33.5 Å². The first-order valence-corrected chi connectivity index (χ1v) is 16.4. The van der Waals surface area contributed by atoms with Gasteiger partial charge in [-0.2, -0.15) is 0 Å². The molecule has 3 fully saturated rings. The molecule has 43 heavy (non-hydrogen) atoms. The summed E-state index contributed by atoms with van der Waals surface area (Å²) in [6.07, 6.45) is 12.0. The molecule has 2 spiro atoms. The number of aliphatic hydroxyl groups excluding tert-OH is 3. The van der Waals surface area contributed by atoms with Crippen LogP contribution in [0.3, 0.4) is 0 Å². The Morgan fingerprint density at radius 2 is 1.74 bits per heavy atom. The summed E-state index contributed by atoms with van der Waals surface area (Å²) in [5.74, 6) is 0.396. The number of nitrogens with zero attached hydrogens (tertiary/aromatic N) is 1. The van der Waals surface area contributed by atoms with Gasteiger partial charge in [-0.15, -0.1) is 0 Å². The van der Waals surface area contributed by atoms with Crippen LogP contribution in [0.4, 0.5) is 0 Å². The standard InChI is InChI=1S/C36H51NO6/c1-32-13-10-26(39)20-34(32)16-17-36(28(21-34)31(41)25-8-5-4-6-9-25)29(32)11-14-33(2)30(36)12-15-35(33,42)24-37(18-7-19-43-3)22-27(40)23-38/h4-6,8-9,16-17,21,26-27,29-30,38-40,42H,7,10-15,18-20,22-24H2,1-3H3. The Bertz CT molecular complexity index is 1270. The monoisotopic (exact) mass is 593 g/mol. The molecule has 0 amide bonds. The highest BCUT2D eigenvalue weighted by atomic mass is 16.5. The molecule has 0 radical (unpaired) electrons. The zero-order chi connectivity index (χ0) is 30.7. The second-order valence-electron chi connectivity index (χ2n) is 14.9. The number of aliphatic hydroxyl groups is 4. The van der Waals surface area contributed by atoms with Crippen molar-refractivity contribution in [3.8, 4) is 0 Å². The number of Topliss-reactive ketones (excluding diaryl/α,β-unsaturated/α-hetero) is 1. The Hall–Kier alpha value is -1.87. The van der Waals surface area contributed by atoms with Gasteiger partial charge in [-0.3, -0.25) is 9.69 Å². The smallest absolute Gasteiger partial charge is 0.189 e. The number of hydrogen-bond donors (Lipinski definition) is 4. The molecule has 9 atom stereocenters. The third-order valence-corrected chi connectivity index (χ3v) is 13.0.